The Morgan fingerprint density at radius 3 is 2.18 bits per heavy atom. The van der Waals surface area contributed by atoms with Crippen molar-refractivity contribution in [3.63, 3.8) is 0 Å². The zero-order valence-corrected chi connectivity index (χ0v) is 21.5. The van der Waals surface area contributed by atoms with E-state index < -0.39 is 11.8 Å². The fourth-order valence-corrected chi connectivity index (χ4v) is 4.16. The quantitative estimate of drug-likeness (QED) is 0.300. The number of aryl methyl sites for hydroxylation is 2. The van der Waals surface area contributed by atoms with E-state index in [0.717, 1.165) is 34.2 Å². The van der Waals surface area contributed by atoms with E-state index in [0.29, 0.717) is 30.0 Å². The first kappa shape index (κ1) is 27.6. The number of rotatable bonds is 9. The van der Waals surface area contributed by atoms with Gasteiger partial charge in [-0.05, 0) is 40.7 Å². The predicted molar refractivity (Wildman–Crippen MR) is 128 cm³/mol. The Kier molecular flexibility index (Phi) is 9.10. The SMILES string of the molecule is CC(C)c1cc(C(O)C[NH2+]CCCn2cnc3c2c(=O)n(C)c(=O)n3C)cc(C(C)C)c1O.[Cl-]. The number of aromatic nitrogens is 4. The number of benzene rings is 1. The van der Waals surface area contributed by atoms with E-state index in [1.165, 1.54) is 11.6 Å². The number of quaternary nitrogens is 1. The summed E-state index contributed by atoms with van der Waals surface area (Å²) in [6, 6.07) is 3.81. The third-order valence-electron chi connectivity index (χ3n) is 6.23. The monoisotopic (exact) mass is 493 g/mol. The molecule has 0 aliphatic heterocycles. The highest BCUT2D eigenvalue weighted by Crippen LogP contribution is 2.36. The van der Waals surface area contributed by atoms with Gasteiger partial charge in [0.05, 0.1) is 12.9 Å². The predicted octanol–water partition coefficient (Wildman–Crippen LogP) is -1.92. The molecule has 0 aliphatic carbocycles. The molecule has 1 aromatic carbocycles. The van der Waals surface area contributed by atoms with Crippen LogP contribution < -0.4 is 29.0 Å². The van der Waals surface area contributed by atoms with Crippen molar-refractivity contribution in [2.75, 3.05) is 13.1 Å². The highest BCUT2D eigenvalue weighted by Gasteiger charge is 2.19. The van der Waals surface area contributed by atoms with Crippen LogP contribution in [0.1, 0.15) is 68.7 Å². The normalized spacial score (nSPS) is 12.5. The van der Waals surface area contributed by atoms with Crippen LogP contribution in [-0.2, 0) is 20.6 Å². The minimum Gasteiger partial charge on any atom is -1.00 e. The van der Waals surface area contributed by atoms with Crippen LogP contribution in [0.5, 0.6) is 5.75 Å². The maximum Gasteiger partial charge on any atom is 0.332 e. The molecule has 2 aromatic heterocycles. The molecular formula is C24H36ClN5O4. The van der Waals surface area contributed by atoms with E-state index in [4.69, 9.17) is 0 Å². The van der Waals surface area contributed by atoms with E-state index in [1.54, 1.807) is 17.9 Å². The number of hydrogen-bond acceptors (Lipinski definition) is 5. The number of nitrogens with zero attached hydrogens (tertiary/aromatic N) is 4. The van der Waals surface area contributed by atoms with Crippen LogP contribution in [0.15, 0.2) is 28.0 Å². The summed E-state index contributed by atoms with van der Waals surface area (Å²) in [6.45, 7) is 9.98. The topological polar surface area (TPSA) is 119 Å². The zero-order chi connectivity index (χ0) is 24.4. The molecule has 2 heterocycles. The Bertz CT molecular complexity index is 1230. The minimum absolute atomic E-state index is 0. The van der Waals surface area contributed by atoms with Gasteiger partial charge in [0.1, 0.15) is 18.4 Å². The van der Waals surface area contributed by atoms with Crippen molar-refractivity contribution in [3.8, 4) is 5.75 Å². The molecule has 10 heteroatoms. The fourth-order valence-electron chi connectivity index (χ4n) is 4.16. The van der Waals surface area contributed by atoms with Gasteiger partial charge in [-0.15, -0.1) is 0 Å². The number of aliphatic hydroxyl groups excluding tert-OH is 1. The van der Waals surface area contributed by atoms with Crippen molar-refractivity contribution in [2.24, 2.45) is 14.1 Å². The Hall–Kier alpha value is -2.62. The second-order valence-corrected chi connectivity index (χ2v) is 9.36. The lowest BCUT2D eigenvalue weighted by Crippen LogP contribution is -3.00. The van der Waals surface area contributed by atoms with Crippen molar-refractivity contribution in [3.05, 3.63) is 56.0 Å². The van der Waals surface area contributed by atoms with Crippen molar-refractivity contribution in [1.82, 2.24) is 18.7 Å². The summed E-state index contributed by atoms with van der Waals surface area (Å²) in [5.74, 6) is 0.655. The van der Waals surface area contributed by atoms with Gasteiger partial charge in [-0.1, -0.05) is 27.7 Å². The maximum atomic E-state index is 12.5. The number of phenols is 1. The number of aromatic hydroxyl groups is 1. The summed E-state index contributed by atoms with van der Waals surface area (Å²) in [5, 5.41) is 23.4. The molecule has 0 spiro atoms. The molecule has 9 nitrogen and oxygen atoms in total. The van der Waals surface area contributed by atoms with E-state index in [9.17, 15) is 19.8 Å². The van der Waals surface area contributed by atoms with E-state index >= 15 is 0 Å². The first-order valence-electron chi connectivity index (χ1n) is 11.5. The summed E-state index contributed by atoms with van der Waals surface area (Å²) in [6.07, 6.45) is 1.72. The van der Waals surface area contributed by atoms with Crippen molar-refractivity contribution < 1.29 is 27.9 Å². The van der Waals surface area contributed by atoms with Crippen LogP contribution in [-0.4, -0.2) is 42.0 Å². The summed E-state index contributed by atoms with van der Waals surface area (Å²) in [5.41, 5.74) is 2.61. The van der Waals surface area contributed by atoms with Gasteiger partial charge in [0.25, 0.3) is 5.56 Å². The molecule has 0 aliphatic rings. The molecule has 3 rings (SSSR count). The Morgan fingerprint density at radius 1 is 1.03 bits per heavy atom. The average Bonchev–Trinajstić information content (AvgIpc) is 3.19. The lowest BCUT2D eigenvalue weighted by atomic mass is 9.90. The number of nitrogens with two attached hydrogens (primary N) is 1. The smallest absolute Gasteiger partial charge is 0.332 e. The largest absolute Gasteiger partial charge is 1.00 e. The van der Waals surface area contributed by atoms with Gasteiger partial charge in [0.15, 0.2) is 11.2 Å². The summed E-state index contributed by atoms with van der Waals surface area (Å²) in [4.78, 5) is 28.8. The summed E-state index contributed by atoms with van der Waals surface area (Å²) >= 11 is 0. The van der Waals surface area contributed by atoms with Gasteiger partial charge < -0.3 is 32.5 Å². The second kappa shape index (κ2) is 11.2. The van der Waals surface area contributed by atoms with Crippen LogP contribution in [0.3, 0.4) is 0 Å². The molecular weight excluding hydrogens is 458 g/mol. The highest BCUT2D eigenvalue weighted by atomic mass is 35.5. The van der Waals surface area contributed by atoms with Crippen molar-refractivity contribution in [1.29, 1.82) is 0 Å². The van der Waals surface area contributed by atoms with Crippen LogP contribution in [0, 0.1) is 0 Å². The Labute approximate surface area is 205 Å². The lowest BCUT2D eigenvalue weighted by Gasteiger charge is -2.19. The molecule has 4 N–H and O–H groups in total. The van der Waals surface area contributed by atoms with E-state index in [1.807, 2.05) is 39.8 Å². The summed E-state index contributed by atoms with van der Waals surface area (Å²) in [7, 11) is 3.07. The molecule has 0 amide bonds. The molecule has 1 unspecified atom stereocenters. The first-order chi connectivity index (χ1) is 15.5. The van der Waals surface area contributed by atoms with Gasteiger partial charge >= 0.3 is 5.69 Å². The molecule has 188 valence electrons. The number of halogens is 1. The van der Waals surface area contributed by atoms with Gasteiger partial charge in [0.2, 0.25) is 0 Å². The molecule has 0 bridgehead atoms. The lowest BCUT2D eigenvalue weighted by molar-refractivity contribution is -0.662. The molecule has 0 fully saturated rings. The fraction of sp³-hybridized carbons (Fsp3) is 0.542. The molecule has 0 saturated heterocycles. The third-order valence-corrected chi connectivity index (χ3v) is 6.23. The average molecular weight is 494 g/mol. The van der Waals surface area contributed by atoms with Crippen molar-refractivity contribution >= 4 is 11.2 Å². The van der Waals surface area contributed by atoms with Crippen molar-refractivity contribution in [2.45, 2.75) is 58.6 Å². The molecule has 3 aromatic rings. The first-order valence-corrected chi connectivity index (χ1v) is 11.5. The number of imidazole rings is 1. The van der Waals surface area contributed by atoms with Gasteiger partial charge in [0, 0.05) is 27.1 Å². The standard InChI is InChI=1S/C24H35N5O4.ClH/c1-14(2)17-10-16(11-18(15(3)4)21(17)31)19(30)12-25-8-7-9-29-13-26-22-20(29)23(32)28(6)24(33)27(22)5;/h10-11,13-15,19,25,30-31H,7-9,12H2,1-6H3;1H. The molecule has 0 radical (unpaired) electrons. The second-order valence-electron chi connectivity index (χ2n) is 9.36. The van der Waals surface area contributed by atoms with Crippen LogP contribution in [0.25, 0.3) is 11.2 Å². The van der Waals surface area contributed by atoms with Crippen LogP contribution >= 0.6 is 0 Å². The number of phenolic OH excluding ortho intramolecular Hbond substituents is 1. The Morgan fingerprint density at radius 2 is 1.62 bits per heavy atom. The number of aliphatic hydroxyl groups is 1. The summed E-state index contributed by atoms with van der Waals surface area (Å²) < 4.78 is 4.26. The number of hydrogen-bond donors (Lipinski definition) is 3. The van der Waals surface area contributed by atoms with Gasteiger partial charge in [-0.2, -0.15) is 0 Å². The number of fused-ring (bicyclic) bond motifs is 1. The van der Waals surface area contributed by atoms with E-state index in [-0.39, 0.29) is 29.8 Å². The van der Waals surface area contributed by atoms with Crippen LogP contribution in [0.2, 0.25) is 0 Å². The molecule has 1 atom stereocenters. The Balaban J connectivity index is 0.00000408. The van der Waals surface area contributed by atoms with Crippen LogP contribution in [0.4, 0.5) is 0 Å². The molecule has 34 heavy (non-hydrogen) atoms. The van der Waals surface area contributed by atoms with E-state index in [2.05, 4.69) is 10.3 Å². The van der Waals surface area contributed by atoms with Gasteiger partial charge in [-0.25, -0.2) is 9.78 Å². The maximum absolute atomic E-state index is 12.5. The third kappa shape index (κ3) is 5.37. The zero-order valence-electron chi connectivity index (χ0n) is 20.7. The molecule has 0 saturated carbocycles. The minimum atomic E-state index is -0.642. The highest BCUT2D eigenvalue weighted by molar-refractivity contribution is 5.69. The van der Waals surface area contributed by atoms with Gasteiger partial charge in [-0.3, -0.25) is 13.9 Å².